The van der Waals surface area contributed by atoms with Crippen molar-refractivity contribution >= 4 is 29.2 Å². The van der Waals surface area contributed by atoms with Gasteiger partial charge in [0.25, 0.3) is 0 Å². The summed E-state index contributed by atoms with van der Waals surface area (Å²) in [6.07, 6.45) is 5.50. The maximum Gasteiger partial charge on any atom is 0.323 e. The number of nitrogens with zero attached hydrogens (tertiary/aromatic N) is 1. The van der Waals surface area contributed by atoms with Crippen LogP contribution in [-0.2, 0) is 9.59 Å². The molecule has 2 rings (SSSR count). The lowest BCUT2D eigenvalue weighted by molar-refractivity contribution is -0.135. The zero-order valence-electron chi connectivity index (χ0n) is 12.4. The first kappa shape index (κ1) is 16.6. The summed E-state index contributed by atoms with van der Waals surface area (Å²) < 4.78 is 0. The van der Waals surface area contributed by atoms with Crippen LogP contribution in [0.4, 0.5) is 5.69 Å². The Morgan fingerprint density at radius 2 is 1.95 bits per heavy atom. The minimum absolute atomic E-state index is 0.0170. The molecule has 120 valence electrons. The number of rotatable bonds is 6. The Morgan fingerprint density at radius 3 is 2.59 bits per heavy atom. The summed E-state index contributed by atoms with van der Waals surface area (Å²) in [4.78, 5) is 24.7. The zero-order valence-corrected chi connectivity index (χ0v) is 13.2. The molecule has 0 radical (unpaired) electrons. The van der Waals surface area contributed by atoms with Crippen molar-refractivity contribution in [3.8, 4) is 0 Å². The fraction of sp³-hybridized carbons (Fsp3) is 0.500. The molecule has 1 aromatic rings. The van der Waals surface area contributed by atoms with Crippen molar-refractivity contribution in [2.75, 3.05) is 18.0 Å². The van der Waals surface area contributed by atoms with Gasteiger partial charge in [0.2, 0.25) is 5.91 Å². The van der Waals surface area contributed by atoms with Gasteiger partial charge in [0.1, 0.15) is 6.54 Å². The van der Waals surface area contributed by atoms with Gasteiger partial charge in [-0.2, -0.15) is 0 Å². The third-order valence-electron chi connectivity index (χ3n) is 3.80. The highest BCUT2D eigenvalue weighted by Gasteiger charge is 2.19. The van der Waals surface area contributed by atoms with E-state index >= 15 is 0 Å². The van der Waals surface area contributed by atoms with E-state index in [9.17, 15) is 9.59 Å². The van der Waals surface area contributed by atoms with Crippen molar-refractivity contribution < 1.29 is 14.7 Å². The first-order chi connectivity index (χ1) is 10.5. The molecular weight excluding hydrogens is 304 g/mol. The van der Waals surface area contributed by atoms with E-state index in [0.717, 1.165) is 25.7 Å². The SMILES string of the molecule is O=C(O)CN(CC(=O)NC1CCCCC1)c1cccc(Cl)c1. The Balaban J connectivity index is 1.99. The summed E-state index contributed by atoms with van der Waals surface area (Å²) in [6, 6.07) is 7.09. The molecule has 2 N–H and O–H groups in total. The van der Waals surface area contributed by atoms with Crippen molar-refractivity contribution in [2.24, 2.45) is 0 Å². The number of nitrogens with one attached hydrogen (secondary N) is 1. The van der Waals surface area contributed by atoms with Gasteiger partial charge in [-0.15, -0.1) is 0 Å². The van der Waals surface area contributed by atoms with Crippen LogP contribution in [0, 0.1) is 0 Å². The van der Waals surface area contributed by atoms with Gasteiger partial charge in [-0.1, -0.05) is 36.9 Å². The molecule has 1 aromatic carbocycles. The van der Waals surface area contributed by atoms with E-state index in [1.54, 1.807) is 24.3 Å². The Hall–Kier alpha value is -1.75. The molecule has 0 aromatic heterocycles. The van der Waals surface area contributed by atoms with Gasteiger partial charge < -0.3 is 15.3 Å². The first-order valence-corrected chi connectivity index (χ1v) is 7.94. The smallest absolute Gasteiger partial charge is 0.323 e. The molecule has 22 heavy (non-hydrogen) atoms. The van der Waals surface area contributed by atoms with Crippen molar-refractivity contribution in [3.63, 3.8) is 0 Å². The third-order valence-corrected chi connectivity index (χ3v) is 4.04. The number of hydrogen-bond acceptors (Lipinski definition) is 3. The fourth-order valence-corrected chi connectivity index (χ4v) is 2.95. The second kappa shape index (κ2) is 8.03. The highest BCUT2D eigenvalue weighted by molar-refractivity contribution is 6.30. The summed E-state index contributed by atoms with van der Waals surface area (Å²) in [5, 5.41) is 12.6. The fourth-order valence-electron chi connectivity index (χ4n) is 2.77. The van der Waals surface area contributed by atoms with Crippen LogP contribution in [0.1, 0.15) is 32.1 Å². The summed E-state index contributed by atoms with van der Waals surface area (Å²) >= 11 is 5.94. The van der Waals surface area contributed by atoms with Crippen molar-refractivity contribution in [1.82, 2.24) is 5.32 Å². The van der Waals surface area contributed by atoms with Crippen molar-refractivity contribution in [1.29, 1.82) is 0 Å². The van der Waals surface area contributed by atoms with Gasteiger partial charge in [0, 0.05) is 16.8 Å². The quantitative estimate of drug-likeness (QED) is 0.844. The van der Waals surface area contributed by atoms with Crippen LogP contribution in [0.3, 0.4) is 0 Å². The normalized spacial score (nSPS) is 15.3. The van der Waals surface area contributed by atoms with Gasteiger partial charge in [-0.05, 0) is 31.0 Å². The molecule has 1 fully saturated rings. The van der Waals surface area contributed by atoms with E-state index < -0.39 is 5.97 Å². The molecule has 0 spiro atoms. The number of aliphatic carboxylic acids is 1. The van der Waals surface area contributed by atoms with Gasteiger partial charge in [0.05, 0.1) is 6.54 Å². The van der Waals surface area contributed by atoms with E-state index in [0.29, 0.717) is 10.7 Å². The van der Waals surface area contributed by atoms with Crippen LogP contribution in [0.2, 0.25) is 5.02 Å². The first-order valence-electron chi connectivity index (χ1n) is 7.56. The Morgan fingerprint density at radius 1 is 1.23 bits per heavy atom. The van der Waals surface area contributed by atoms with Crippen LogP contribution in [-0.4, -0.2) is 36.1 Å². The summed E-state index contributed by atoms with van der Waals surface area (Å²) in [5.74, 6) is -1.13. The lowest BCUT2D eigenvalue weighted by Crippen LogP contribution is -2.44. The molecule has 5 nitrogen and oxygen atoms in total. The molecular formula is C16H21ClN2O3. The number of carboxylic acid groups (broad SMARTS) is 1. The van der Waals surface area contributed by atoms with Gasteiger partial charge in [-0.3, -0.25) is 9.59 Å². The number of carbonyl (C=O) groups excluding carboxylic acids is 1. The number of amides is 1. The maximum atomic E-state index is 12.2. The monoisotopic (exact) mass is 324 g/mol. The standard InChI is InChI=1S/C16H21ClN2O3/c17-12-5-4-8-14(9-12)19(11-16(21)22)10-15(20)18-13-6-2-1-3-7-13/h4-5,8-9,13H,1-3,6-7,10-11H2,(H,18,20)(H,21,22). The topological polar surface area (TPSA) is 69.6 Å². The van der Waals surface area contributed by atoms with Gasteiger partial charge in [-0.25, -0.2) is 0 Å². The van der Waals surface area contributed by atoms with Crippen molar-refractivity contribution in [3.05, 3.63) is 29.3 Å². The van der Waals surface area contributed by atoms with E-state index in [1.807, 2.05) is 0 Å². The number of anilines is 1. The molecule has 1 saturated carbocycles. The molecule has 1 aliphatic carbocycles. The molecule has 1 aliphatic rings. The Bertz CT molecular complexity index is 530. The number of halogens is 1. The highest BCUT2D eigenvalue weighted by Crippen LogP contribution is 2.20. The van der Waals surface area contributed by atoms with Gasteiger partial charge in [0.15, 0.2) is 0 Å². The molecule has 0 saturated heterocycles. The van der Waals surface area contributed by atoms with E-state index in [4.69, 9.17) is 16.7 Å². The largest absolute Gasteiger partial charge is 0.480 e. The zero-order chi connectivity index (χ0) is 15.9. The average molecular weight is 325 g/mol. The predicted molar refractivity (Wildman–Crippen MR) is 86.3 cm³/mol. The minimum atomic E-state index is -0.981. The van der Waals surface area contributed by atoms with Crippen LogP contribution < -0.4 is 10.2 Å². The van der Waals surface area contributed by atoms with Crippen LogP contribution >= 0.6 is 11.6 Å². The average Bonchev–Trinajstić information content (AvgIpc) is 2.47. The molecule has 6 heteroatoms. The second-order valence-corrected chi connectivity index (χ2v) is 6.07. The summed E-state index contributed by atoms with van der Waals surface area (Å²) in [6.45, 7) is -0.221. The number of benzene rings is 1. The summed E-state index contributed by atoms with van der Waals surface area (Å²) in [5.41, 5.74) is 0.633. The number of hydrogen-bond donors (Lipinski definition) is 2. The maximum absolute atomic E-state index is 12.2. The molecule has 0 atom stereocenters. The van der Waals surface area contributed by atoms with Crippen LogP contribution in [0.15, 0.2) is 24.3 Å². The number of carboxylic acids is 1. The lowest BCUT2D eigenvalue weighted by Gasteiger charge is -2.26. The van der Waals surface area contributed by atoms with E-state index in [-0.39, 0.29) is 25.0 Å². The minimum Gasteiger partial charge on any atom is -0.480 e. The van der Waals surface area contributed by atoms with Gasteiger partial charge >= 0.3 is 5.97 Å². The molecule has 0 bridgehead atoms. The Labute approximate surface area is 135 Å². The highest BCUT2D eigenvalue weighted by atomic mass is 35.5. The molecule has 1 amide bonds. The second-order valence-electron chi connectivity index (χ2n) is 5.63. The molecule has 0 unspecified atom stereocenters. The molecule has 0 heterocycles. The van der Waals surface area contributed by atoms with E-state index in [1.165, 1.54) is 11.3 Å². The van der Waals surface area contributed by atoms with Crippen LogP contribution in [0.5, 0.6) is 0 Å². The predicted octanol–water partition coefficient (Wildman–Crippen LogP) is 2.68. The van der Waals surface area contributed by atoms with Crippen molar-refractivity contribution in [2.45, 2.75) is 38.1 Å². The Kier molecular flexibility index (Phi) is 6.07. The number of carbonyl (C=O) groups is 2. The van der Waals surface area contributed by atoms with Crippen LogP contribution in [0.25, 0.3) is 0 Å². The van der Waals surface area contributed by atoms with E-state index in [2.05, 4.69) is 5.32 Å². The lowest BCUT2D eigenvalue weighted by atomic mass is 9.95. The molecule has 0 aliphatic heterocycles. The summed E-state index contributed by atoms with van der Waals surface area (Å²) in [7, 11) is 0. The third kappa shape index (κ3) is 5.22.